The fourth-order valence-corrected chi connectivity index (χ4v) is 2.21. The molecule has 2 amide bonds. The molecule has 7 heteroatoms. The van der Waals surface area contributed by atoms with Gasteiger partial charge in [-0.15, -0.1) is 24.0 Å². The van der Waals surface area contributed by atoms with Crippen molar-refractivity contribution in [3.05, 3.63) is 0 Å². The number of amides is 2. The minimum atomic E-state index is -0.0580. The van der Waals surface area contributed by atoms with E-state index in [4.69, 9.17) is 0 Å². The zero-order chi connectivity index (χ0) is 15.0. The molecule has 1 heterocycles. The van der Waals surface area contributed by atoms with E-state index in [9.17, 15) is 9.59 Å². The van der Waals surface area contributed by atoms with Crippen molar-refractivity contribution in [3.63, 3.8) is 0 Å². The summed E-state index contributed by atoms with van der Waals surface area (Å²) < 4.78 is 0. The van der Waals surface area contributed by atoms with Crippen molar-refractivity contribution in [1.29, 1.82) is 0 Å². The van der Waals surface area contributed by atoms with E-state index in [0.717, 1.165) is 25.3 Å². The fraction of sp³-hybridized carbons (Fsp3) is 0.786. The average Bonchev–Trinajstić information content (AvgIpc) is 2.43. The third-order valence-electron chi connectivity index (χ3n) is 3.42. The molecule has 0 aliphatic carbocycles. The van der Waals surface area contributed by atoms with Crippen molar-refractivity contribution in [2.75, 3.05) is 33.7 Å². The Balaban J connectivity index is 0.00000400. The van der Waals surface area contributed by atoms with Crippen LogP contribution in [0.2, 0.25) is 0 Å². The molecule has 0 spiro atoms. The highest BCUT2D eigenvalue weighted by Crippen LogP contribution is 2.11. The first-order chi connectivity index (χ1) is 9.60. The van der Waals surface area contributed by atoms with Crippen LogP contribution in [0.1, 0.15) is 39.0 Å². The first kappa shape index (κ1) is 20.1. The van der Waals surface area contributed by atoms with Gasteiger partial charge in [-0.25, -0.2) is 0 Å². The Bertz CT molecular complexity index is 358. The van der Waals surface area contributed by atoms with E-state index < -0.39 is 0 Å². The molecule has 1 rings (SSSR count). The van der Waals surface area contributed by atoms with E-state index in [0.29, 0.717) is 32.4 Å². The molecule has 1 saturated heterocycles. The number of rotatable bonds is 6. The number of aliphatic imine (C=N–C) groups is 1. The summed E-state index contributed by atoms with van der Waals surface area (Å²) in [4.78, 5) is 30.9. The first-order valence-electron chi connectivity index (χ1n) is 7.35. The zero-order valence-electron chi connectivity index (χ0n) is 13.2. The van der Waals surface area contributed by atoms with E-state index in [1.807, 2.05) is 7.05 Å². The Hall–Kier alpha value is -0.860. The van der Waals surface area contributed by atoms with Gasteiger partial charge in [0.25, 0.3) is 0 Å². The lowest BCUT2D eigenvalue weighted by atomic mass is 10.1. The monoisotopic (exact) mass is 410 g/mol. The van der Waals surface area contributed by atoms with Gasteiger partial charge in [0.2, 0.25) is 11.8 Å². The molecule has 1 aliphatic rings. The number of piperidine rings is 1. The summed E-state index contributed by atoms with van der Waals surface area (Å²) in [5, 5.41) is 3.20. The smallest absolute Gasteiger partial charge is 0.229 e. The Kier molecular flexibility index (Phi) is 10.4. The molecule has 21 heavy (non-hydrogen) atoms. The van der Waals surface area contributed by atoms with Crippen LogP contribution in [0.5, 0.6) is 0 Å². The Morgan fingerprint density at radius 3 is 2.48 bits per heavy atom. The second-order valence-electron chi connectivity index (χ2n) is 5.04. The highest BCUT2D eigenvalue weighted by atomic mass is 127. The van der Waals surface area contributed by atoms with Gasteiger partial charge in [-0.1, -0.05) is 13.3 Å². The van der Waals surface area contributed by atoms with Crippen LogP contribution < -0.4 is 5.32 Å². The molecule has 0 radical (unpaired) electrons. The maximum Gasteiger partial charge on any atom is 0.229 e. The molecule has 1 fully saturated rings. The number of hydrogen-bond donors (Lipinski definition) is 1. The van der Waals surface area contributed by atoms with Crippen LogP contribution >= 0.6 is 24.0 Å². The molecule has 0 saturated carbocycles. The highest BCUT2D eigenvalue weighted by Gasteiger charge is 2.25. The third kappa shape index (κ3) is 6.62. The summed E-state index contributed by atoms with van der Waals surface area (Å²) in [6.07, 6.45) is 3.90. The van der Waals surface area contributed by atoms with Crippen molar-refractivity contribution in [1.82, 2.24) is 15.1 Å². The molecule has 122 valence electrons. The molecule has 0 aromatic carbocycles. The zero-order valence-corrected chi connectivity index (χ0v) is 15.6. The summed E-state index contributed by atoms with van der Waals surface area (Å²) >= 11 is 0. The molecule has 0 atom stereocenters. The molecular weight excluding hydrogens is 383 g/mol. The number of unbranched alkanes of at least 4 members (excludes halogenated alkanes) is 1. The number of carbonyl (C=O) groups excluding carboxylic acids is 2. The van der Waals surface area contributed by atoms with Gasteiger partial charge in [0.15, 0.2) is 5.96 Å². The average molecular weight is 410 g/mol. The number of imide groups is 1. The van der Waals surface area contributed by atoms with Gasteiger partial charge in [0.1, 0.15) is 0 Å². The molecule has 1 N–H and O–H groups in total. The van der Waals surface area contributed by atoms with Gasteiger partial charge in [-0.2, -0.15) is 0 Å². The minimum absolute atomic E-state index is 0. The summed E-state index contributed by atoms with van der Waals surface area (Å²) in [7, 11) is 3.73. The lowest BCUT2D eigenvalue weighted by molar-refractivity contribution is -0.147. The predicted octanol–water partition coefficient (Wildman–Crippen LogP) is 1.45. The number of hydrogen-bond acceptors (Lipinski definition) is 3. The summed E-state index contributed by atoms with van der Waals surface area (Å²) in [6.45, 7) is 4.05. The number of carbonyl (C=O) groups is 2. The first-order valence-corrected chi connectivity index (χ1v) is 7.35. The normalized spacial score (nSPS) is 15.8. The number of nitrogens with zero attached hydrogens (tertiary/aromatic N) is 3. The van der Waals surface area contributed by atoms with Crippen LogP contribution in [-0.4, -0.2) is 61.3 Å². The van der Waals surface area contributed by atoms with Crippen molar-refractivity contribution in [3.8, 4) is 0 Å². The number of likely N-dealkylation sites (tertiary alicyclic amines) is 1. The molecule has 1 aliphatic heterocycles. The van der Waals surface area contributed by atoms with E-state index >= 15 is 0 Å². The van der Waals surface area contributed by atoms with Crippen LogP contribution in [-0.2, 0) is 9.59 Å². The summed E-state index contributed by atoms with van der Waals surface area (Å²) in [6, 6.07) is 0. The largest absolute Gasteiger partial charge is 0.354 e. The van der Waals surface area contributed by atoms with Crippen molar-refractivity contribution < 1.29 is 9.59 Å². The van der Waals surface area contributed by atoms with Crippen LogP contribution in [0.15, 0.2) is 4.99 Å². The van der Waals surface area contributed by atoms with Gasteiger partial charge in [-0.3, -0.25) is 19.5 Å². The minimum Gasteiger partial charge on any atom is -0.354 e. The van der Waals surface area contributed by atoms with E-state index in [1.54, 1.807) is 7.05 Å². The SMILES string of the molecule is CCCCN(C)C(=NC)NCCN1C(=O)CCCC1=O.I. The number of halogens is 1. The fourth-order valence-electron chi connectivity index (χ4n) is 2.21. The Labute approximate surface area is 144 Å². The van der Waals surface area contributed by atoms with Gasteiger partial charge >= 0.3 is 0 Å². The van der Waals surface area contributed by atoms with Gasteiger partial charge < -0.3 is 10.2 Å². The standard InChI is InChI=1S/C14H26N4O2.HI/c1-4-5-10-17(3)14(15-2)16-9-11-18-12(19)7-6-8-13(18)20;/h4-11H2,1-3H3,(H,15,16);1H. The summed E-state index contributed by atoms with van der Waals surface area (Å²) in [5.74, 6) is 0.685. The lowest BCUT2D eigenvalue weighted by Crippen LogP contribution is -2.47. The predicted molar refractivity (Wildman–Crippen MR) is 94.9 cm³/mol. The number of nitrogens with one attached hydrogen (secondary N) is 1. The second-order valence-corrected chi connectivity index (χ2v) is 5.04. The maximum absolute atomic E-state index is 11.7. The topological polar surface area (TPSA) is 65.0 Å². The molecule has 6 nitrogen and oxygen atoms in total. The second kappa shape index (κ2) is 10.8. The van der Waals surface area contributed by atoms with E-state index in [-0.39, 0.29) is 35.8 Å². The van der Waals surface area contributed by atoms with Gasteiger partial charge in [0.05, 0.1) is 0 Å². The highest BCUT2D eigenvalue weighted by molar-refractivity contribution is 14.0. The molecule has 0 aromatic heterocycles. The van der Waals surface area contributed by atoms with Crippen LogP contribution in [0.25, 0.3) is 0 Å². The van der Waals surface area contributed by atoms with Gasteiger partial charge in [-0.05, 0) is 12.8 Å². The molecule has 0 bridgehead atoms. The third-order valence-corrected chi connectivity index (χ3v) is 3.42. The Morgan fingerprint density at radius 2 is 1.95 bits per heavy atom. The molecule has 0 aromatic rings. The van der Waals surface area contributed by atoms with Crippen molar-refractivity contribution >= 4 is 41.8 Å². The van der Waals surface area contributed by atoms with Crippen LogP contribution in [0.3, 0.4) is 0 Å². The molecular formula is C14H27IN4O2. The van der Waals surface area contributed by atoms with Crippen molar-refractivity contribution in [2.45, 2.75) is 39.0 Å². The van der Waals surface area contributed by atoms with Gasteiger partial charge in [0, 0.05) is 46.6 Å². The maximum atomic E-state index is 11.7. The van der Waals surface area contributed by atoms with E-state index in [1.165, 1.54) is 4.90 Å². The van der Waals surface area contributed by atoms with Crippen LogP contribution in [0, 0.1) is 0 Å². The van der Waals surface area contributed by atoms with Crippen LogP contribution in [0.4, 0.5) is 0 Å². The summed E-state index contributed by atoms with van der Waals surface area (Å²) in [5.41, 5.74) is 0. The number of guanidine groups is 1. The lowest BCUT2D eigenvalue weighted by Gasteiger charge is -2.26. The van der Waals surface area contributed by atoms with Crippen molar-refractivity contribution in [2.24, 2.45) is 4.99 Å². The Morgan fingerprint density at radius 1 is 1.33 bits per heavy atom. The van der Waals surface area contributed by atoms with E-state index in [2.05, 4.69) is 22.1 Å². The molecule has 0 unspecified atom stereocenters. The quantitative estimate of drug-likeness (QED) is 0.312.